The first-order chi connectivity index (χ1) is 41.8. The van der Waals surface area contributed by atoms with Gasteiger partial charge in [0.25, 0.3) is 0 Å². The molecule has 0 saturated heterocycles. The van der Waals surface area contributed by atoms with Gasteiger partial charge in [-0.05, 0) is 170 Å². The number of hydrogen-bond acceptors (Lipinski definition) is 11. The molecule has 0 aliphatic rings. The van der Waals surface area contributed by atoms with Crippen LogP contribution in [0.4, 0.5) is 0 Å². The van der Waals surface area contributed by atoms with Crippen LogP contribution in [0.1, 0.15) is 239 Å². The van der Waals surface area contributed by atoms with Crippen molar-refractivity contribution in [3.63, 3.8) is 0 Å². The molecule has 11 heteroatoms. The zero-order valence-corrected chi connectivity index (χ0v) is 55.2. The first kappa shape index (κ1) is 70.6. The average molecular weight is 1200 g/mol. The van der Waals surface area contributed by atoms with Crippen molar-refractivity contribution in [1.82, 2.24) is 0 Å². The molecular weight excluding hydrogens is 1100 g/mol. The molecule has 4 atom stereocenters. The molecule has 0 aliphatic carbocycles. The van der Waals surface area contributed by atoms with E-state index in [-0.39, 0.29) is 11.1 Å². The first-order valence-corrected chi connectivity index (χ1v) is 33.1. The monoisotopic (exact) mass is 1200 g/mol. The van der Waals surface area contributed by atoms with Crippen molar-refractivity contribution >= 4 is 23.3 Å². The van der Waals surface area contributed by atoms with Gasteiger partial charge in [0.05, 0.1) is 58.4 Å². The maximum absolute atomic E-state index is 13.6. The predicted molar refractivity (Wildman–Crippen MR) is 353 cm³/mol. The fraction of sp³-hybridized carbons (Fsp3) is 0.526. The maximum Gasteiger partial charge on any atom is 0.343 e. The number of nitriles is 2. The topological polar surface area (TPSA) is 137 Å². The lowest BCUT2D eigenvalue weighted by Crippen LogP contribution is -2.11. The molecule has 0 fully saturated rings. The Morgan fingerprint density at radius 3 is 0.966 bits per heavy atom. The molecule has 4 aromatic carbocycles. The van der Waals surface area contributed by atoms with Gasteiger partial charge in [-0.3, -0.25) is 0 Å². The third kappa shape index (κ3) is 26.4. The van der Waals surface area contributed by atoms with Crippen molar-refractivity contribution in [2.24, 2.45) is 47.3 Å². The molecule has 5 rings (SSSR count). The van der Waals surface area contributed by atoms with E-state index in [4.69, 9.17) is 28.4 Å². The van der Waals surface area contributed by atoms with E-state index in [1.165, 1.54) is 64.2 Å². The second-order valence-electron chi connectivity index (χ2n) is 25.7. The molecule has 0 N–H and O–H groups in total. The summed E-state index contributed by atoms with van der Waals surface area (Å²) < 4.78 is 36.9. The van der Waals surface area contributed by atoms with Crippen molar-refractivity contribution in [3.8, 4) is 70.3 Å². The average Bonchev–Trinajstić information content (AvgIpc) is 3.17. The summed E-state index contributed by atoms with van der Waals surface area (Å²) in [5, 5.41) is 20.3. The normalized spacial score (nSPS) is 12.5. The number of carbonyl (C=O) groups excluding carboxylic acids is 2. The van der Waals surface area contributed by atoms with Crippen molar-refractivity contribution in [2.75, 3.05) is 26.4 Å². The second-order valence-corrected chi connectivity index (χ2v) is 26.7. The van der Waals surface area contributed by atoms with Crippen LogP contribution >= 0.6 is 11.3 Å². The summed E-state index contributed by atoms with van der Waals surface area (Å²) in [4.78, 5) is 27.9. The Kier molecular flexibility index (Phi) is 31.0. The van der Waals surface area contributed by atoms with Crippen LogP contribution in [0.5, 0.6) is 34.5 Å². The predicted octanol–water partition coefficient (Wildman–Crippen LogP) is 19.7. The van der Waals surface area contributed by atoms with E-state index in [0.29, 0.717) is 140 Å². The van der Waals surface area contributed by atoms with E-state index >= 15 is 0 Å². The smallest absolute Gasteiger partial charge is 0.343 e. The summed E-state index contributed by atoms with van der Waals surface area (Å²) in [5.74, 6) is 19.1. The molecule has 87 heavy (non-hydrogen) atoms. The minimum Gasteiger partial charge on any atom is -0.490 e. The number of thiophene rings is 1. The quantitative estimate of drug-likeness (QED) is 0.0216. The molecule has 0 unspecified atom stereocenters. The Morgan fingerprint density at radius 1 is 0.379 bits per heavy atom. The van der Waals surface area contributed by atoms with E-state index < -0.39 is 11.9 Å². The standard InChI is InChI=1S/C76H98N2O8S/c1-53(2)17-13-21-57(9)41-45-81-69-37-31-63(49-71(69)83-47-43-59(11)23-15-19-55(5)6)75(79)85-65-33-25-61(26-34-65)29-39-73-67(51-77)68(52-78)74(87-73)40-30-62-27-35-66(36-28-62)86-76(80)64-32-38-70(82-46-42-58(10)22-14-18-54(3)4)72(50-64)84-48-44-60(12)24-16-20-56(7)8/h25-28,31-38,49-50,53-60H,13-24,41-48H2,1-12H3/t57-,58-,59-,60-/m1/s1. The Morgan fingerprint density at radius 2 is 0.678 bits per heavy atom. The maximum atomic E-state index is 13.6. The van der Waals surface area contributed by atoms with Crippen LogP contribution < -0.4 is 28.4 Å². The molecule has 1 aromatic heterocycles. The number of benzene rings is 4. The Bertz CT molecular complexity index is 2910. The minimum absolute atomic E-state index is 0.150. The van der Waals surface area contributed by atoms with Crippen molar-refractivity contribution < 1.29 is 38.0 Å². The van der Waals surface area contributed by atoms with Crippen LogP contribution in [0.15, 0.2) is 84.9 Å². The number of esters is 2. The zero-order valence-electron chi connectivity index (χ0n) is 54.4. The van der Waals surface area contributed by atoms with Gasteiger partial charge in [0.2, 0.25) is 0 Å². The molecule has 0 radical (unpaired) electrons. The number of rotatable bonds is 36. The van der Waals surface area contributed by atoms with Gasteiger partial charge in [-0.25, -0.2) is 9.59 Å². The van der Waals surface area contributed by atoms with Gasteiger partial charge in [-0.1, -0.05) is 172 Å². The fourth-order valence-electron chi connectivity index (χ4n) is 9.91. The lowest BCUT2D eigenvalue weighted by Gasteiger charge is -2.17. The molecule has 5 aromatic rings. The first-order valence-electron chi connectivity index (χ1n) is 32.2. The van der Waals surface area contributed by atoms with Crippen LogP contribution in [0, 0.1) is 93.7 Å². The van der Waals surface area contributed by atoms with E-state index in [1.54, 1.807) is 84.9 Å². The molecule has 1 heterocycles. The molecule has 0 saturated carbocycles. The number of hydrogen-bond donors (Lipinski definition) is 0. The van der Waals surface area contributed by atoms with Gasteiger partial charge in [-0.2, -0.15) is 10.5 Å². The fourth-order valence-corrected chi connectivity index (χ4v) is 10.8. The van der Waals surface area contributed by atoms with Gasteiger partial charge in [0, 0.05) is 11.1 Å². The minimum atomic E-state index is -0.533. The number of ether oxygens (including phenoxy) is 6. The van der Waals surface area contributed by atoms with Crippen molar-refractivity contribution in [2.45, 2.75) is 186 Å². The molecule has 0 aliphatic heterocycles. The summed E-state index contributed by atoms with van der Waals surface area (Å²) in [6, 6.07) is 28.3. The van der Waals surface area contributed by atoms with E-state index in [1.807, 2.05) is 0 Å². The Hall–Kier alpha value is -7.18. The third-order valence-electron chi connectivity index (χ3n) is 15.6. The zero-order chi connectivity index (χ0) is 63.1. The van der Waals surface area contributed by atoms with Crippen LogP contribution in [-0.2, 0) is 0 Å². The molecule has 0 spiro atoms. The van der Waals surface area contributed by atoms with Gasteiger partial charge in [-0.15, -0.1) is 11.3 Å². The summed E-state index contributed by atoms with van der Waals surface area (Å²) in [6.45, 7) is 29.3. The number of carbonyl (C=O) groups is 2. The highest BCUT2D eigenvalue weighted by Crippen LogP contribution is 2.33. The van der Waals surface area contributed by atoms with Gasteiger partial charge >= 0.3 is 11.9 Å². The lowest BCUT2D eigenvalue weighted by atomic mass is 9.97. The van der Waals surface area contributed by atoms with Crippen molar-refractivity contribution in [3.05, 3.63) is 128 Å². The highest BCUT2D eigenvalue weighted by molar-refractivity contribution is 7.13. The molecule has 466 valence electrons. The lowest BCUT2D eigenvalue weighted by molar-refractivity contribution is 0.0724. The van der Waals surface area contributed by atoms with Crippen LogP contribution in [0.3, 0.4) is 0 Å². The largest absolute Gasteiger partial charge is 0.490 e. The molecule has 10 nitrogen and oxygen atoms in total. The summed E-state index contributed by atoms with van der Waals surface area (Å²) in [7, 11) is 0. The molecule has 0 bridgehead atoms. The van der Waals surface area contributed by atoms with E-state index in [0.717, 1.165) is 49.9 Å². The Balaban J connectivity index is 1.21. The van der Waals surface area contributed by atoms with Gasteiger partial charge < -0.3 is 28.4 Å². The third-order valence-corrected chi connectivity index (χ3v) is 16.7. The summed E-state index contributed by atoms with van der Waals surface area (Å²) in [5.41, 5.74) is 2.21. The van der Waals surface area contributed by atoms with Gasteiger partial charge in [0.15, 0.2) is 23.0 Å². The highest BCUT2D eigenvalue weighted by atomic mass is 32.1. The molecular formula is C76H98N2O8S. The highest BCUT2D eigenvalue weighted by Gasteiger charge is 2.20. The van der Waals surface area contributed by atoms with E-state index in [9.17, 15) is 20.1 Å². The van der Waals surface area contributed by atoms with Crippen molar-refractivity contribution in [1.29, 1.82) is 10.5 Å². The number of nitrogens with zero attached hydrogens (tertiary/aromatic N) is 2. The Labute approximate surface area is 527 Å². The van der Waals surface area contributed by atoms with Gasteiger partial charge in [0.1, 0.15) is 23.6 Å². The van der Waals surface area contributed by atoms with Crippen LogP contribution in [-0.4, -0.2) is 38.4 Å². The summed E-state index contributed by atoms with van der Waals surface area (Å²) >= 11 is 1.16. The summed E-state index contributed by atoms with van der Waals surface area (Å²) in [6.07, 6.45) is 18.0. The van der Waals surface area contributed by atoms with Crippen LogP contribution in [0.2, 0.25) is 0 Å². The van der Waals surface area contributed by atoms with Crippen LogP contribution in [0.25, 0.3) is 0 Å². The SMILES string of the molecule is CC(C)CCC[C@@H](C)CCOc1ccc(C(=O)Oc2ccc(C#Cc3sc(C#Cc4ccc(OC(=O)c5ccc(OCC[C@H](C)CCCC(C)C)c(OCC[C@H](C)CCCC(C)C)c5)cc4)c(C#N)c3C#N)cc2)cc1OCC[C@H](C)CCCC(C)C. The van der Waals surface area contributed by atoms with E-state index in [2.05, 4.69) is 119 Å². The second kappa shape index (κ2) is 38.2. The molecule has 0 amide bonds.